The zero-order valence-corrected chi connectivity index (χ0v) is 13.8. The second-order valence-corrected chi connectivity index (χ2v) is 6.27. The van der Waals surface area contributed by atoms with E-state index in [0.29, 0.717) is 5.92 Å². The molecule has 8 heteroatoms. The third-order valence-electron chi connectivity index (χ3n) is 4.22. The molecule has 0 unspecified atom stereocenters. The first kappa shape index (κ1) is 19.2. The molecule has 1 saturated carbocycles. The van der Waals surface area contributed by atoms with Gasteiger partial charge in [0.15, 0.2) is 0 Å². The minimum atomic E-state index is -4.58. The van der Waals surface area contributed by atoms with E-state index in [1.807, 2.05) is 6.92 Å². The number of aliphatic hydroxyl groups is 1. The summed E-state index contributed by atoms with van der Waals surface area (Å²) in [7, 11) is 0. The van der Waals surface area contributed by atoms with Gasteiger partial charge in [0, 0.05) is 25.4 Å². The highest BCUT2D eigenvalue weighted by Crippen LogP contribution is 2.37. The highest BCUT2D eigenvalue weighted by Gasteiger charge is 2.38. The van der Waals surface area contributed by atoms with Gasteiger partial charge in [0.05, 0.1) is 11.7 Å². The Hall–Kier alpha value is -2.09. The molecule has 3 atom stereocenters. The fourth-order valence-corrected chi connectivity index (χ4v) is 2.57. The summed E-state index contributed by atoms with van der Waals surface area (Å²) in [5, 5.41) is 15.0. The summed E-state index contributed by atoms with van der Waals surface area (Å²) in [5.74, 6) is -0.145. The Labute approximate surface area is 143 Å². The maximum atomic E-state index is 12.9. The monoisotopic (exact) mass is 358 g/mol. The first-order valence-corrected chi connectivity index (χ1v) is 8.08. The van der Waals surface area contributed by atoms with Crippen molar-refractivity contribution in [1.29, 1.82) is 0 Å². The summed E-state index contributed by atoms with van der Waals surface area (Å²) in [6.07, 6.45) is -5.20. The summed E-state index contributed by atoms with van der Waals surface area (Å²) in [6.45, 7) is 1.79. The quantitative estimate of drug-likeness (QED) is 0.698. The predicted octanol–water partition coefficient (Wildman–Crippen LogP) is 2.02. The smallest absolute Gasteiger partial charge is 0.387 e. The molecule has 5 nitrogen and oxygen atoms in total. The Morgan fingerprint density at radius 3 is 2.52 bits per heavy atom. The van der Waals surface area contributed by atoms with E-state index in [0.717, 1.165) is 12.5 Å². The summed E-state index contributed by atoms with van der Waals surface area (Å²) in [4.78, 5) is 23.3. The molecule has 1 aromatic carbocycles. The molecule has 25 heavy (non-hydrogen) atoms. The molecule has 0 bridgehead atoms. The number of nitrogens with one attached hydrogen (secondary N) is 2. The number of amides is 2. The number of hydrogen-bond acceptors (Lipinski definition) is 3. The van der Waals surface area contributed by atoms with Crippen molar-refractivity contribution >= 4 is 11.8 Å². The van der Waals surface area contributed by atoms with Crippen LogP contribution in [0.3, 0.4) is 0 Å². The molecule has 0 aromatic heterocycles. The van der Waals surface area contributed by atoms with Crippen LogP contribution in [-0.4, -0.2) is 30.0 Å². The summed E-state index contributed by atoms with van der Waals surface area (Å²) in [5.41, 5.74) is -1.21. The van der Waals surface area contributed by atoms with Crippen LogP contribution in [0.5, 0.6) is 0 Å². The van der Waals surface area contributed by atoms with Gasteiger partial charge in [-0.05, 0) is 24.0 Å². The third kappa shape index (κ3) is 5.45. The van der Waals surface area contributed by atoms with Gasteiger partial charge >= 0.3 is 6.18 Å². The van der Waals surface area contributed by atoms with Gasteiger partial charge in [-0.3, -0.25) is 9.59 Å². The molecule has 2 rings (SSSR count). The van der Waals surface area contributed by atoms with Crippen molar-refractivity contribution in [3.63, 3.8) is 0 Å². The van der Waals surface area contributed by atoms with E-state index in [9.17, 15) is 27.9 Å². The lowest BCUT2D eigenvalue weighted by Crippen LogP contribution is -2.33. The van der Waals surface area contributed by atoms with Gasteiger partial charge in [0.25, 0.3) is 0 Å². The Kier molecular flexibility index (Phi) is 6.05. The number of carbonyl (C=O) groups excluding carboxylic acids is 2. The van der Waals surface area contributed by atoms with Gasteiger partial charge in [-0.1, -0.05) is 25.1 Å². The molecule has 1 fully saturated rings. The Morgan fingerprint density at radius 2 is 1.92 bits per heavy atom. The van der Waals surface area contributed by atoms with Crippen LogP contribution in [0.1, 0.15) is 37.0 Å². The highest BCUT2D eigenvalue weighted by molar-refractivity contribution is 5.82. The van der Waals surface area contributed by atoms with Crippen LogP contribution >= 0.6 is 0 Å². The van der Waals surface area contributed by atoms with Crippen LogP contribution in [-0.2, 0) is 15.8 Å². The third-order valence-corrected chi connectivity index (χ3v) is 4.22. The standard InChI is InChI=1S/C17H21F3N2O3/c1-10-8-12(10)16(25)21-7-6-15(24)22-9-14(23)11-4-2-3-5-13(11)17(18,19)20/h2-5,10,12,14,23H,6-9H2,1H3,(H,21,25)(H,22,24)/t10-,12+,14+/m1/s1. The van der Waals surface area contributed by atoms with Crippen molar-refractivity contribution in [3.05, 3.63) is 35.4 Å². The number of hydrogen-bond donors (Lipinski definition) is 3. The van der Waals surface area contributed by atoms with Crippen LogP contribution < -0.4 is 10.6 Å². The van der Waals surface area contributed by atoms with Gasteiger partial charge < -0.3 is 15.7 Å². The maximum absolute atomic E-state index is 12.9. The molecule has 0 aliphatic heterocycles. The van der Waals surface area contributed by atoms with Crippen molar-refractivity contribution < 1.29 is 27.9 Å². The van der Waals surface area contributed by atoms with Crippen molar-refractivity contribution in [1.82, 2.24) is 10.6 Å². The molecule has 138 valence electrons. The van der Waals surface area contributed by atoms with Gasteiger partial charge in [-0.25, -0.2) is 0 Å². The summed E-state index contributed by atoms with van der Waals surface area (Å²) in [6, 6.07) is 4.69. The Balaban J connectivity index is 1.77. The zero-order chi connectivity index (χ0) is 18.6. The van der Waals surface area contributed by atoms with Gasteiger partial charge in [-0.2, -0.15) is 13.2 Å². The lowest BCUT2D eigenvalue weighted by Gasteiger charge is -2.18. The van der Waals surface area contributed by atoms with E-state index in [4.69, 9.17) is 0 Å². The number of halogens is 3. The topological polar surface area (TPSA) is 78.4 Å². The van der Waals surface area contributed by atoms with Gasteiger partial charge in [-0.15, -0.1) is 0 Å². The molecular weight excluding hydrogens is 337 g/mol. The van der Waals surface area contributed by atoms with Crippen LogP contribution in [0.15, 0.2) is 24.3 Å². The van der Waals surface area contributed by atoms with Crippen LogP contribution in [0.25, 0.3) is 0 Å². The molecule has 3 N–H and O–H groups in total. The van der Waals surface area contributed by atoms with Crippen LogP contribution in [0.2, 0.25) is 0 Å². The normalized spacial score (nSPS) is 20.7. The summed E-state index contributed by atoms with van der Waals surface area (Å²) >= 11 is 0. The Morgan fingerprint density at radius 1 is 1.28 bits per heavy atom. The number of carbonyl (C=O) groups is 2. The van der Waals surface area contributed by atoms with Crippen LogP contribution in [0.4, 0.5) is 13.2 Å². The first-order chi connectivity index (χ1) is 11.7. The number of rotatable bonds is 7. The predicted molar refractivity (Wildman–Crippen MR) is 84.3 cm³/mol. The van der Waals surface area contributed by atoms with Gasteiger partial charge in [0.1, 0.15) is 0 Å². The second-order valence-electron chi connectivity index (χ2n) is 6.27. The molecule has 0 radical (unpaired) electrons. The van der Waals surface area contributed by atoms with E-state index in [1.165, 1.54) is 18.2 Å². The van der Waals surface area contributed by atoms with Crippen molar-refractivity contribution in [2.75, 3.05) is 13.1 Å². The van der Waals surface area contributed by atoms with E-state index >= 15 is 0 Å². The number of alkyl halides is 3. The SMILES string of the molecule is C[C@@H]1C[C@@H]1C(=O)NCCC(=O)NC[C@H](O)c1ccccc1C(F)(F)F. The molecule has 0 saturated heterocycles. The van der Waals surface area contributed by atoms with E-state index < -0.39 is 23.8 Å². The molecular formula is C17H21F3N2O3. The average molecular weight is 358 g/mol. The maximum Gasteiger partial charge on any atom is 0.416 e. The fourth-order valence-electron chi connectivity index (χ4n) is 2.57. The van der Waals surface area contributed by atoms with Gasteiger partial charge in [0.2, 0.25) is 11.8 Å². The van der Waals surface area contributed by atoms with E-state index in [2.05, 4.69) is 10.6 Å². The van der Waals surface area contributed by atoms with E-state index in [-0.39, 0.29) is 36.9 Å². The molecule has 1 aliphatic carbocycles. The van der Waals surface area contributed by atoms with Crippen molar-refractivity contribution in [2.24, 2.45) is 11.8 Å². The molecule has 2 amide bonds. The van der Waals surface area contributed by atoms with Crippen molar-refractivity contribution in [3.8, 4) is 0 Å². The zero-order valence-electron chi connectivity index (χ0n) is 13.8. The first-order valence-electron chi connectivity index (χ1n) is 8.08. The highest BCUT2D eigenvalue weighted by atomic mass is 19.4. The van der Waals surface area contributed by atoms with E-state index in [1.54, 1.807) is 0 Å². The van der Waals surface area contributed by atoms with Crippen molar-refractivity contribution in [2.45, 2.75) is 32.0 Å². The fraction of sp³-hybridized carbons (Fsp3) is 0.529. The molecule has 1 aromatic rings. The number of benzene rings is 1. The summed E-state index contributed by atoms with van der Waals surface area (Å²) < 4.78 is 38.7. The average Bonchev–Trinajstić information content (AvgIpc) is 3.28. The largest absolute Gasteiger partial charge is 0.416 e. The number of aliphatic hydroxyl groups excluding tert-OH is 1. The minimum Gasteiger partial charge on any atom is -0.387 e. The molecule has 0 heterocycles. The lowest BCUT2D eigenvalue weighted by molar-refractivity contribution is -0.139. The van der Waals surface area contributed by atoms with Crippen LogP contribution in [0, 0.1) is 11.8 Å². The molecule has 0 spiro atoms. The molecule has 1 aliphatic rings. The lowest BCUT2D eigenvalue weighted by atomic mass is 10.0. The second kappa shape index (κ2) is 7.86. The Bertz CT molecular complexity index is 634. The minimum absolute atomic E-state index is 0.000475.